The molecule has 0 heterocycles. The van der Waals surface area contributed by atoms with Crippen molar-refractivity contribution in [3.8, 4) is 0 Å². The molecular formula is C13H9Cl4N. The zero-order chi connectivity index (χ0) is 13.1. The molecule has 94 valence electrons. The molecule has 0 aliphatic carbocycles. The Morgan fingerprint density at radius 2 is 1.44 bits per heavy atom. The monoisotopic (exact) mass is 319 g/mol. The summed E-state index contributed by atoms with van der Waals surface area (Å²) in [5.74, 6) is 0. The Balaban J connectivity index is 2.16. The summed E-state index contributed by atoms with van der Waals surface area (Å²) in [4.78, 5) is 0. The van der Waals surface area contributed by atoms with Crippen molar-refractivity contribution in [3.05, 3.63) is 62.1 Å². The minimum absolute atomic E-state index is 0.435. The highest BCUT2D eigenvalue weighted by atomic mass is 35.5. The lowest BCUT2D eigenvalue weighted by Crippen LogP contribution is -2.00. The standard InChI is InChI=1S/C13H9Cl4N/c14-9-4-2-1-3-8(9)7-18-13-6-11(16)10(15)5-12(13)17/h1-6,18H,7H2. The SMILES string of the molecule is Clc1cc(Cl)c(NCc2ccccc2Cl)cc1Cl. The highest BCUT2D eigenvalue weighted by Crippen LogP contribution is 2.32. The van der Waals surface area contributed by atoms with Crippen LogP contribution in [0.4, 0.5) is 5.69 Å². The summed E-state index contributed by atoms with van der Waals surface area (Å²) in [7, 11) is 0. The second kappa shape index (κ2) is 6.03. The van der Waals surface area contributed by atoms with Gasteiger partial charge in [0.25, 0.3) is 0 Å². The summed E-state index contributed by atoms with van der Waals surface area (Å²) in [6.07, 6.45) is 0. The molecule has 5 heteroatoms. The smallest absolute Gasteiger partial charge is 0.0653 e. The van der Waals surface area contributed by atoms with E-state index in [0.29, 0.717) is 26.6 Å². The molecular weight excluding hydrogens is 312 g/mol. The van der Waals surface area contributed by atoms with E-state index in [2.05, 4.69) is 5.32 Å². The van der Waals surface area contributed by atoms with Crippen LogP contribution in [0.25, 0.3) is 0 Å². The van der Waals surface area contributed by atoms with Crippen molar-refractivity contribution in [2.75, 3.05) is 5.32 Å². The van der Waals surface area contributed by atoms with Gasteiger partial charge in [0, 0.05) is 11.6 Å². The van der Waals surface area contributed by atoms with E-state index in [9.17, 15) is 0 Å². The van der Waals surface area contributed by atoms with E-state index in [1.54, 1.807) is 12.1 Å². The minimum Gasteiger partial charge on any atom is -0.380 e. The fourth-order valence-corrected chi connectivity index (χ4v) is 2.31. The number of anilines is 1. The maximum Gasteiger partial charge on any atom is 0.0653 e. The summed E-state index contributed by atoms with van der Waals surface area (Å²) < 4.78 is 0. The lowest BCUT2D eigenvalue weighted by atomic mass is 10.2. The number of hydrogen-bond acceptors (Lipinski definition) is 1. The minimum atomic E-state index is 0.435. The zero-order valence-corrected chi connectivity index (χ0v) is 12.2. The number of benzene rings is 2. The molecule has 0 saturated heterocycles. The molecule has 0 fully saturated rings. The average molecular weight is 321 g/mol. The van der Waals surface area contributed by atoms with Crippen LogP contribution in [0.5, 0.6) is 0 Å². The Kier molecular flexibility index (Phi) is 4.63. The van der Waals surface area contributed by atoms with Crippen LogP contribution in [0, 0.1) is 0 Å². The van der Waals surface area contributed by atoms with E-state index in [1.165, 1.54) is 0 Å². The summed E-state index contributed by atoms with van der Waals surface area (Å²) >= 11 is 23.9. The Bertz CT molecular complexity index is 569. The van der Waals surface area contributed by atoms with Gasteiger partial charge in [-0.05, 0) is 23.8 Å². The molecule has 0 bridgehead atoms. The van der Waals surface area contributed by atoms with Crippen molar-refractivity contribution in [1.82, 2.24) is 0 Å². The molecule has 0 aliphatic heterocycles. The fourth-order valence-electron chi connectivity index (χ4n) is 1.49. The first-order chi connectivity index (χ1) is 8.58. The van der Waals surface area contributed by atoms with Crippen LogP contribution in [-0.2, 0) is 6.54 Å². The van der Waals surface area contributed by atoms with Gasteiger partial charge in [-0.25, -0.2) is 0 Å². The van der Waals surface area contributed by atoms with Gasteiger partial charge in [0.05, 0.1) is 20.8 Å². The first-order valence-electron chi connectivity index (χ1n) is 5.20. The van der Waals surface area contributed by atoms with Crippen molar-refractivity contribution in [3.63, 3.8) is 0 Å². The average Bonchev–Trinajstić information content (AvgIpc) is 2.34. The third-order valence-corrected chi connectivity index (χ3v) is 3.84. The van der Waals surface area contributed by atoms with E-state index in [4.69, 9.17) is 46.4 Å². The topological polar surface area (TPSA) is 12.0 Å². The van der Waals surface area contributed by atoms with E-state index in [0.717, 1.165) is 11.3 Å². The van der Waals surface area contributed by atoms with Crippen molar-refractivity contribution >= 4 is 52.1 Å². The lowest BCUT2D eigenvalue weighted by Gasteiger charge is -2.10. The van der Waals surface area contributed by atoms with Gasteiger partial charge in [-0.3, -0.25) is 0 Å². The molecule has 1 nitrogen and oxygen atoms in total. The third-order valence-electron chi connectivity index (χ3n) is 2.44. The number of nitrogens with one attached hydrogen (secondary N) is 1. The summed E-state index contributed by atoms with van der Waals surface area (Å²) in [6.45, 7) is 0.567. The highest BCUT2D eigenvalue weighted by Gasteiger charge is 2.06. The molecule has 0 radical (unpaired) electrons. The summed E-state index contributed by atoms with van der Waals surface area (Å²) in [5, 5.41) is 5.31. The normalized spacial score (nSPS) is 10.4. The Labute approximate surface area is 126 Å². The Hall–Kier alpha value is -0.600. The molecule has 2 aromatic carbocycles. The molecule has 0 unspecified atom stereocenters. The predicted molar refractivity (Wildman–Crippen MR) is 80.3 cm³/mol. The molecule has 0 aromatic heterocycles. The Morgan fingerprint density at radius 1 is 0.778 bits per heavy atom. The van der Waals surface area contributed by atoms with E-state index in [1.807, 2.05) is 24.3 Å². The van der Waals surface area contributed by atoms with Gasteiger partial charge in [-0.2, -0.15) is 0 Å². The molecule has 0 atom stereocenters. The van der Waals surface area contributed by atoms with Crippen LogP contribution in [0.1, 0.15) is 5.56 Å². The third kappa shape index (κ3) is 3.24. The zero-order valence-electron chi connectivity index (χ0n) is 9.18. The highest BCUT2D eigenvalue weighted by molar-refractivity contribution is 6.44. The lowest BCUT2D eigenvalue weighted by molar-refractivity contribution is 1.15. The maximum atomic E-state index is 6.07. The summed E-state index contributed by atoms with van der Waals surface area (Å²) in [6, 6.07) is 10.9. The van der Waals surface area contributed by atoms with E-state index >= 15 is 0 Å². The second-order valence-corrected chi connectivity index (χ2v) is 5.32. The van der Waals surface area contributed by atoms with Crippen molar-refractivity contribution in [2.45, 2.75) is 6.54 Å². The van der Waals surface area contributed by atoms with E-state index < -0.39 is 0 Å². The second-order valence-electron chi connectivity index (χ2n) is 3.69. The quantitative estimate of drug-likeness (QED) is 0.693. The number of halogens is 4. The van der Waals surface area contributed by atoms with Crippen LogP contribution in [0.15, 0.2) is 36.4 Å². The molecule has 0 saturated carbocycles. The molecule has 0 amide bonds. The fraction of sp³-hybridized carbons (Fsp3) is 0.0769. The van der Waals surface area contributed by atoms with Crippen LogP contribution < -0.4 is 5.32 Å². The summed E-state index contributed by atoms with van der Waals surface area (Å²) in [5.41, 5.74) is 1.72. The molecule has 2 aromatic rings. The van der Waals surface area contributed by atoms with Crippen LogP contribution in [-0.4, -0.2) is 0 Å². The molecule has 0 aliphatic rings. The van der Waals surface area contributed by atoms with E-state index in [-0.39, 0.29) is 0 Å². The maximum absolute atomic E-state index is 6.07. The van der Waals surface area contributed by atoms with Crippen molar-refractivity contribution < 1.29 is 0 Å². The van der Waals surface area contributed by atoms with Crippen molar-refractivity contribution in [1.29, 1.82) is 0 Å². The predicted octanol–water partition coefficient (Wildman–Crippen LogP) is 5.91. The Morgan fingerprint density at radius 3 is 2.17 bits per heavy atom. The molecule has 0 spiro atoms. The van der Waals surface area contributed by atoms with Gasteiger partial charge in [-0.15, -0.1) is 0 Å². The largest absolute Gasteiger partial charge is 0.380 e. The van der Waals surface area contributed by atoms with Gasteiger partial charge in [0.2, 0.25) is 0 Å². The van der Waals surface area contributed by atoms with Gasteiger partial charge < -0.3 is 5.32 Å². The van der Waals surface area contributed by atoms with Gasteiger partial charge in [-0.1, -0.05) is 64.6 Å². The van der Waals surface area contributed by atoms with Crippen LogP contribution in [0.2, 0.25) is 20.1 Å². The van der Waals surface area contributed by atoms with Gasteiger partial charge in [0.1, 0.15) is 0 Å². The first kappa shape index (κ1) is 13.8. The molecule has 1 N–H and O–H groups in total. The molecule has 18 heavy (non-hydrogen) atoms. The van der Waals surface area contributed by atoms with Crippen LogP contribution >= 0.6 is 46.4 Å². The van der Waals surface area contributed by atoms with Gasteiger partial charge >= 0.3 is 0 Å². The number of hydrogen-bond donors (Lipinski definition) is 1. The van der Waals surface area contributed by atoms with Crippen LogP contribution in [0.3, 0.4) is 0 Å². The molecule has 2 rings (SSSR count). The first-order valence-corrected chi connectivity index (χ1v) is 6.71. The number of rotatable bonds is 3. The van der Waals surface area contributed by atoms with Gasteiger partial charge in [0.15, 0.2) is 0 Å². The van der Waals surface area contributed by atoms with Crippen molar-refractivity contribution in [2.24, 2.45) is 0 Å².